The van der Waals surface area contributed by atoms with Gasteiger partial charge in [-0.2, -0.15) is 0 Å². The number of hydrogen-bond acceptors (Lipinski definition) is 2. The average molecular weight is 276 g/mol. The smallest absolute Gasteiger partial charge is 0.191 e. The largest absolute Gasteiger partial charge is 0.370 e. The van der Waals surface area contributed by atoms with Gasteiger partial charge in [0.2, 0.25) is 0 Å². The molecular weight excluding hydrogens is 255 g/mol. The van der Waals surface area contributed by atoms with Crippen molar-refractivity contribution in [2.24, 2.45) is 10.7 Å². The summed E-state index contributed by atoms with van der Waals surface area (Å²) < 4.78 is 12.9. The maximum absolute atomic E-state index is 12.9. The van der Waals surface area contributed by atoms with Crippen molar-refractivity contribution in [3.8, 4) is 0 Å². The summed E-state index contributed by atoms with van der Waals surface area (Å²) in [5.41, 5.74) is 7.14. The highest BCUT2D eigenvalue weighted by molar-refractivity contribution is 5.78. The van der Waals surface area contributed by atoms with Crippen LogP contribution in [0.4, 0.5) is 10.1 Å². The first-order valence-electron chi connectivity index (χ1n) is 7.31. The molecule has 1 aliphatic heterocycles. The van der Waals surface area contributed by atoms with Crippen LogP contribution in [0.1, 0.15) is 19.3 Å². The monoisotopic (exact) mass is 276 g/mol. The second kappa shape index (κ2) is 5.69. The van der Waals surface area contributed by atoms with Gasteiger partial charge in [-0.05, 0) is 43.5 Å². The Kier molecular flexibility index (Phi) is 3.76. The van der Waals surface area contributed by atoms with Crippen LogP contribution in [0.3, 0.4) is 0 Å². The third-order valence-corrected chi connectivity index (χ3v) is 4.18. The molecule has 3 rings (SSSR count). The van der Waals surface area contributed by atoms with E-state index in [1.165, 1.54) is 31.4 Å². The van der Waals surface area contributed by atoms with E-state index in [1.807, 2.05) is 12.1 Å². The number of piperazine rings is 1. The fraction of sp³-hybridized carbons (Fsp3) is 0.533. The third-order valence-electron chi connectivity index (χ3n) is 4.18. The molecule has 1 aromatic rings. The molecule has 0 amide bonds. The van der Waals surface area contributed by atoms with Gasteiger partial charge in [0.25, 0.3) is 0 Å². The number of halogens is 1. The highest BCUT2D eigenvalue weighted by Gasteiger charge is 2.21. The molecule has 0 spiro atoms. The number of nitrogens with zero attached hydrogens (tertiary/aromatic N) is 3. The zero-order chi connectivity index (χ0) is 13.9. The molecule has 1 aromatic carbocycles. The predicted molar refractivity (Wildman–Crippen MR) is 79.4 cm³/mol. The lowest BCUT2D eigenvalue weighted by atomic mass is 9.94. The van der Waals surface area contributed by atoms with Crippen molar-refractivity contribution < 1.29 is 4.39 Å². The molecule has 1 saturated heterocycles. The maximum atomic E-state index is 12.9. The first-order chi connectivity index (χ1) is 9.72. The average Bonchev–Trinajstić information content (AvgIpc) is 2.44. The van der Waals surface area contributed by atoms with Crippen LogP contribution in [0.2, 0.25) is 0 Å². The molecule has 0 aromatic heterocycles. The Morgan fingerprint density at radius 3 is 2.30 bits per heavy atom. The molecule has 108 valence electrons. The van der Waals surface area contributed by atoms with E-state index in [4.69, 9.17) is 5.73 Å². The van der Waals surface area contributed by atoms with Crippen LogP contribution in [0.5, 0.6) is 0 Å². The molecule has 0 radical (unpaired) electrons. The Balaban J connectivity index is 1.56. The molecule has 1 aliphatic carbocycles. The van der Waals surface area contributed by atoms with Gasteiger partial charge < -0.3 is 15.5 Å². The van der Waals surface area contributed by atoms with Crippen LogP contribution in [0.25, 0.3) is 0 Å². The topological polar surface area (TPSA) is 44.9 Å². The zero-order valence-corrected chi connectivity index (χ0v) is 11.6. The van der Waals surface area contributed by atoms with E-state index in [1.54, 1.807) is 0 Å². The van der Waals surface area contributed by atoms with Crippen molar-refractivity contribution in [2.75, 3.05) is 31.1 Å². The molecule has 0 unspecified atom stereocenters. The van der Waals surface area contributed by atoms with Gasteiger partial charge in [0.05, 0.1) is 6.04 Å². The Morgan fingerprint density at radius 2 is 1.75 bits per heavy atom. The van der Waals surface area contributed by atoms with E-state index in [-0.39, 0.29) is 5.82 Å². The van der Waals surface area contributed by atoms with Gasteiger partial charge >= 0.3 is 0 Å². The molecule has 2 N–H and O–H groups in total. The maximum Gasteiger partial charge on any atom is 0.191 e. The number of anilines is 1. The molecular formula is C15H21FN4. The van der Waals surface area contributed by atoms with Crippen LogP contribution < -0.4 is 10.6 Å². The molecule has 20 heavy (non-hydrogen) atoms. The highest BCUT2D eigenvalue weighted by atomic mass is 19.1. The molecule has 1 saturated carbocycles. The Hall–Kier alpha value is -1.78. The van der Waals surface area contributed by atoms with Crippen LogP contribution >= 0.6 is 0 Å². The SMILES string of the molecule is NC(=NC1CCC1)N1CCN(c2ccc(F)cc2)CC1. The molecule has 2 aliphatic rings. The molecule has 4 nitrogen and oxygen atoms in total. The first kappa shape index (κ1) is 13.2. The van der Waals surface area contributed by atoms with E-state index in [0.29, 0.717) is 12.0 Å². The lowest BCUT2D eigenvalue weighted by Crippen LogP contribution is -2.51. The minimum Gasteiger partial charge on any atom is -0.370 e. The number of aliphatic imine (C=N–C) groups is 1. The van der Waals surface area contributed by atoms with Crippen molar-refractivity contribution in [1.82, 2.24) is 4.90 Å². The molecule has 5 heteroatoms. The van der Waals surface area contributed by atoms with E-state index < -0.39 is 0 Å². The zero-order valence-electron chi connectivity index (χ0n) is 11.6. The summed E-state index contributed by atoms with van der Waals surface area (Å²) in [5.74, 6) is 0.498. The first-order valence-corrected chi connectivity index (χ1v) is 7.31. The van der Waals surface area contributed by atoms with E-state index in [9.17, 15) is 4.39 Å². The number of rotatable bonds is 2. The van der Waals surface area contributed by atoms with Crippen LogP contribution in [0, 0.1) is 5.82 Å². The fourth-order valence-electron chi connectivity index (χ4n) is 2.63. The van der Waals surface area contributed by atoms with E-state index >= 15 is 0 Å². The van der Waals surface area contributed by atoms with Gasteiger partial charge in [0.1, 0.15) is 5.82 Å². The molecule has 1 heterocycles. The van der Waals surface area contributed by atoms with Gasteiger partial charge in [-0.1, -0.05) is 0 Å². The van der Waals surface area contributed by atoms with Crippen LogP contribution in [0.15, 0.2) is 29.3 Å². The summed E-state index contributed by atoms with van der Waals surface area (Å²) in [6.07, 6.45) is 3.63. The van der Waals surface area contributed by atoms with Gasteiger partial charge in [0, 0.05) is 31.9 Å². The Bertz CT molecular complexity index is 473. The number of guanidine groups is 1. The highest BCUT2D eigenvalue weighted by Crippen LogP contribution is 2.22. The number of hydrogen-bond donors (Lipinski definition) is 1. The predicted octanol–water partition coefficient (Wildman–Crippen LogP) is 1.81. The van der Waals surface area contributed by atoms with Crippen molar-refractivity contribution in [3.63, 3.8) is 0 Å². The normalized spacial score (nSPS) is 20.9. The second-order valence-electron chi connectivity index (χ2n) is 5.52. The molecule has 0 bridgehead atoms. The lowest BCUT2D eigenvalue weighted by Gasteiger charge is -2.37. The molecule has 2 fully saturated rings. The Labute approximate surface area is 119 Å². The van der Waals surface area contributed by atoms with Gasteiger partial charge in [-0.15, -0.1) is 0 Å². The van der Waals surface area contributed by atoms with Crippen LogP contribution in [-0.4, -0.2) is 43.1 Å². The summed E-state index contributed by atoms with van der Waals surface area (Å²) in [7, 11) is 0. The summed E-state index contributed by atoms with van der Waals surface area (Å²) >= 11 is 0. The van der Waals surface area contributed by atoms with Crippen molar-refractivity contribution in [2.45, 2.75) is 25.3 Å². The van der Waals surface area contributed by atoms with Gasteiger partial charge in [-0.25, -0.2) is 9.38 Å². The molecule has 0 atom stereocenters. The van der Waals surface area contributed by atoms with Gasteiger partial charge in [-0.3, -0.25) is 0 Å². The van der Waals surface area contributed by atoms with Crippen LogP contribution in [-0.2, 0) is 0 Å². The van der Waals surface area contributed by atoms with Crippen molar-refractivity contribution >= 4 is 11.6 Å². The summed E-state index contributed by atoms with van der Waals surface area (Å²) in [5, 5.41) is 0. The Morgan fingerprint density at radius 1 is 1.10 bits per heavy atom. The summed E-state index contributed by atoms with van der Waals surface area (Å²) in [6.45, 7) is 3.54. The number of nitrogens with two attached hydrogens (primary N) is 1. The lowest BCUT2D eigenvalue weighted by molar-refractivity contribution is 0.365. The summed E-state index contributed by atoms with van der Waals surface area (Å²) in [4.78, 5) is 8.98. The van der Waals surface area contributed by atoms with Crippen molar-refractivity contribution in [1.29, 1.82) is 0 Å². The van der Waals surface area contributed by atoms with E-state index in [2.05, 4.69) is 14.8 Å². The fourth-order valence-corrected chi connectivity index (χ4v) is 2.63. The van der Waals surface area contributed by atoms with Crippen molar-refractivity contribution in [3.05, 3.63) is 30.1 Å². The standard InChI is InChI=1S/C15H21FN4/c16-12-4-6-14(7-5-12)19-8-10-20(11-9-19)15(17)18-13-2-1-3-13/h4-7,13H,1-3,8-11H2,(H2,17,18). The van der Waals surface area contributed by atoms with E-state index in [0.717, 1.165) is 31.9 Å². The second-order valence-corrected chi connectivity index (χ2v) is 5.52. The quantitative estimate of drug-likeness (QED) is 0.662. The minimum absolute atomic E-state index is 0.190. The number of benzene rings is 1. The third kappa shape index (κ3) is 2.86. The minimum atomic E-state index is -0.190. The van der Waals surface area contributed by atoms with Gasteiger partial charge in [0.15, 0.2) is 5.96 Å². The summed E-state index contributed by atoms with van der Waals surface area (Å²) in [6, 6.07) is 7.13.